The molecule has 0 amide bonds. The number of ether oxygens (including phenoxy) is 2. The second kappa shape index (κ2) is 7.24. The number of aromatic hydroxyl groups is 1. The number of hydrogen-bond acceptors (Lipinski definition) is 5. The lowest BCUT2D eigenvalue weighted by atomic mass is 10.1. The van der Waals surface area contributed by atoms with Crippen molar-refractivity contribution in [3.8, 4) is 23.1 Å². The SMILES string of the molecule is O=c1c2ccccc2c(C=Nc2ccc3c(c2)OCO3)c(O)n1-c1cccc(Cl)c1. The van der Waals surface area contributed by atoms with E-state index in [1.807, 2.05) is 6.07 Å². The standard InChI is InChI=1S/C23H15ClN2O4/c24-14-4-3-5-16(10-14)26-22(27)18-7-2-1-6-17(18)19(23(26)28)12-25-15-8-9-20-21(11-15)30-13-29-20/h1-12,28H,13H2. The molecule has 0 radical (unpaired) electrons. The van der Waals surface area contributed by atoms with Gasteiger partial charge in [0.25, 0.3) is 5.56 Å². The van der Waals surface area contributed by atoms with Crippen LogP contribution in [0.15, 0.2) is 76.5 Å². The number of aliphatic imine (C=N–C) groups is 1. The van der Waals surface area contributed by atoms with Crippen LogP contribution in [-0.2, 0) is 0 Å². The number of pyridine rings is 1. The minimum atomic E-state index is -0.342. The molecule has 0 bridgehead atoms. The van der Waals surface area contributed by atoms with E-state index in [0.29, 0.717) is 44.2 Å². The Morgan fingerprint density at radius 3 is 2.60 bits per heavy atom. The van der Waals surface area contributed by atoms with Crippen molar-refractivity contribution in [1.29, 1.82) is 0 Å². The number of halogens is 1. The molecular formula is C23H15ClN2O4. The smallest absolute Gasteiger partial charge is 0.265 e. The lowest BCUT2D eigenvalue weighted by molar-refractivity contribution is 0.174. The van der Waals surface area contributed by atoms with Crippen molar-refractivity contribution < 1.29 is 14.6 Å². The van der Waals surface area contributed by atoms with Crippen LogP contribution in [0.4, 0.5) is 5.69 Å². The number of aromatic nitrogens is 1. The maximum Gasteiger partial charge on any atom is 0.265 e. The van der Waals surface area contributed by atoms with Crippen LogP contribution in [-0.4, -0.2) is 22.7 Å². The molecule has 0 atom stereocenters. The molecule has 1 aliphatic rings. The van der Waals surface area contributed by atoms with E-state index in [1.165, 1.54) is 10.8 Å². The lowest BCUT2D eigenvalue weighted by Crippen LogP contribution is -2.20. The molecule has 6 nitrogen and oxygen atoms in total. The molecule has 3 aromatic carbocycles. The highest BCUT2D eigenvalue weighted by molar-refractivity contribution is 6.30. The summed E-state index contributed by atoms with van der Waals surface area (Å²) in [5, 5.41) is 12.5. The first-order valence-corrected chi connectivity index (χ1v) is 9.56. The molecule has 0 fully saturated rings. The molecule has 0 saturated heterocycles. The molecule has 0 spiro atoms. The van der Waals surface area contributed by atoms with Crippen molar-refractivity contribution >= 4 is 34.3 Å². The summed E-state index contributed by atoms with van der Waals surface area (Å²) < 4.78 is 11.9. The summed E-state index contributed by atoms with van der Waals surface area (Å²) in [7, 11) is 0. The minimum absolute atomic E-state index is 0.179. The van der Waals surface area contributed by atoms with Crippen molar-refractivity contribution in [2.75, 3.05) is 6.79 Å². The van der Waals surface area contributed by atoms with E-state index in [9.17, 15) is 9.90 Å². The third-order valence-electron chi connectivity index (χ3n) is 4.87. The van der Waals surface area contributed by atoms with Crippen molar-refractivity contribution in [3.05, 3.63) is 87.7 Å². The molecule has 0 aliphatic carbocycles. The van der Waals surface area contributed by atoms with Crippen LogP contribution in [0.1, 0.15) is 5.56 Å². The fourth-order valence-electron chi connectivity index (χ4n) is 3.45. The second-order valence-electron chi connectivity index (χ2n) is 6.70. The predicted molar refractivity (Wildman–Crippen MR) is 116 cm³/mol. The van der Waals surface area contributed by atoms with Gasteiger partial charge in [-0.3, -0.25) is 9.79 Å². The summed E-state index contributed by atoms with van der Waals surface area (Å²) in [5.41, 5.74) is 1.17. The molecule has 1 aromatic heterocycles. The van der Waals surface area contributed by atoms with E-state index in [-0.39, 0.29) is 18.2 Å². The molecule has 148 valence electrons. The summed E-state index contributed by atoms with van der Waals surface area (Å²) in [5.74, 6) is 1.06. The van der Waals surface area contributed by atoms with E-state index < -0.39 is 0 Å². The largest absolute Gasteiger partial charge is 0.494 e. The van der Waals surface area contributed by atoms with Gasteiger partial charge >= 0.3 is 0 Å². The zero-order chi connectivity index (χ0) is 20.7. The summed E-state index contributed by atoms with van der Waals surface area (Å²) >= 11 is 6.10. The Morgan fingerprint density at radius 1 is 0.967 bits per heavy atom. The fraction of sp³-hybridized carbons (Fsp3) is 0.0435. The van der Waals surface area contributed by atoms with Crippen molar-refractivity contribution in [2.45, 2.75) is 0 Å². The Hall–Kier alpha value is -3.77. The van der Waals surface area contributed by atoms with Crippen molar-refractivity contribution in [3.63, 3.8) is 0 Å². The maximum atomic E-state index is 13.1. The van der Waals surface area contributed by atoms with Crippen LogP contribution in [0.3, 0.4) is 0 Å². The highest BCUT2D eigenvalue weighted by atomic mass is 35.5. The van der Waals surface area contributed by atoms with Crippen molar-refractivity contribution in [1.82, 2.24) is 4.57 Å². The Morgan fingerprint density at radius 2 is 1.77 bits per heavy atom. The Labute approximate surface area is 176 Å². The number of nitrogens with zero attached hydrogens (tertiary/aromatic N) is 2. The zero-order valence-corrected chi connectivity index (χ0v) is 16.3. The van der Waals surface area contributed by atoms with Gasteiger partial charge in [0.1, 0.15) is 0 Å². The van der Waals surface area contributed by atoms with Gasteiger partial charge in [-0.05, 0) is 36.4 Å². The van der Waals surface area contributed by atoms with Gasteiger partial charge in [-0.25, -0.2) is 4.57 Å². The summed E-state index contributed by atoms with van der Waals surface area (Å²) in [6.07, 6.45) is 1.54. The second-order valence-corrected chi connectivity index (χ2v) is 7.14. The average Bonchev–Trinajstić information content (AvgIpc) is 3.22. The predicted octanol–water partition coefficient (Wildman–Crippen LogP) is 4.83. The highest BCUT2D eigenvalue weighted by Crippen LogP contribution is 2.35. The van der Waals surface area contributed by atoms with E-state index in [1.54, 1.807) is 60.7 Å². The van der Waals surface area contributed by atoms with Gasteiger partial charge in [0, 0.05) is 28.1 Å². The number of benzene rings is 3. The van der Waals surface area contributed by atoms with Gasteiger partial charge in [-0.1, -0.05) is 35.9 Å². The third-order valence-corrected chi connectivity index (χ3v) is 5.10. The summed E-state index contributed by atoms with van der Waals surface area (Å²) in [6.45, 7) is 0.179. The molecular weight excluding hydrogens is 404 g/mol. The van der Waals surface area contributed by atoms with Crippen LogP contribution in [0.2, 0.25) is 5.02 Å². The first-order valence-electron chi connectivity index (χ1n) is 9.18. The maximum absolute atomic E-state index is 13.1. The molecule has 30 heavy (non-hydrogen) atoms. The summed E-state index contributed by atoms with van der Waals surface area (Å²) in [6, 6.07) is 19.2. The van der Waals surface area contributed by atoms with Crippen LogP contribution < -0.4 is 15.0 Å². The fourth-order valence-corrected chi connectivity index (χ4v) is 3.63. The zero-order valence-electron chi connectivity index (χ0n) is 15.6. The first kappa shape index (κ1) is 18.3. The third kappa shape index (κ3) is 3.07. The topological polar surface area (TPSA) is 73.1 Å². The van der Waals surface area contributed by atoms with Gasteiger partial charge < -0.3 is 14.6 Å². The molecule has 7 heteroatoms. The molecule has 4 aromatic rings. The molecule has 0 unspecified atom stereocenters. The lowest BCUT2D eigenvalue weighted by Gasteiger charge is -2.14. The van der Waals surface area contributed by atoms with Crippen molar-refractivity contribution in [2.24, 2.45) is 4.99 Å². The number of fused-ring (bicyclic) bond motifs is 2. The minimum Gasteiger partial charge on any atom is -0.494 e. The van der Waals surface area contributed by atoms with Gasteiger partial charge in [0.2, 0.25) is 12.7 Å². The average molecular weight is 419 g/mol. The number of hydrogen-bond donors (Lipinski definition) is 1. The quantitative estimate of drug-likeness (QED) is 0.484. The van der Waals surface area contributed by atoms with E-state index in [4.69, 9.17) is 21.1 Å². The van der Waals surface area contributed by atoms with Crippen LogP contribution >= 0.6 is 11.6 Å². The number of rotatable bonds is 3. The van der Waals surface area contributed by atoms with E-state index >= 15 is 0 Å². The monoisotopic (exact) mass is 418 g/mol. The van der Waals surface area contributed by atoms with Gasteiger partial charge in [-0.15, -0.1) is 0 Å². The molecule has 0 saturated carbocycles. The van der Waals surface area contributed by atoms with E-state index in [0.717, 1.165) is 0 Å². The Bertz CT molecular complexity index is 1380. The van der Waals surface area contributed by atoms with Crippen LogP contribution in [0, 0.1) is 0 Å². The summed E-state index contributed by atoms with van der Waals surface area (Å²) in [4.78, 5) is 17.6. The molecule has 2 heterocycles. The van der Waals surface area contributed by atoms with Gasteiger partial charge in [-0.2, -0.15) is 0 Å². The Balaban J connectivity index is 1.70. The van der Waals surface area contributed by atoms with Crippen LogP contribution in [0.25, 0.3) is 16.5 Å². The first-order chi connectivity index (χ1) is 14.6. The van der Waals surface area contributed by atoms with Crippen LogP contribution in [0.5, 0.6) is 17.4 Å². The Kier molecular flexibility index (Phi) is 4.41. The molecule has 1 aliphatic heterocycles. The van der Waals surface area contributed by atoms with Gasteiger partial charge in [0.15, 0.2) is 11.5 Å². The normalized spacial score (nSPS) is 12.7. The van der Waals surface area contributed by atoms with E-state index in [2.05, 4.69) is 4.99 Å². The van der Waals surface area contributed by atoms with Gasteiger partial charge in [0.05, 0.1) is 16.9 Å². The molecule has 5 rings (SSSR count). The highest BCUT2D eigenvalue weighted by Gasteiger charge is 2.17. The molecule has 1 N–H and O–H groups in total.